The van der Waals surface area contributed by atoms with Crippen LogP contribution in [0.5, 0.6) is 0 Å². The molecule has 0 saturated heterocycles. The number of halogens is 3. The number of nitrogens with zero attached hydrogens (tertiary/aromatic N) is 4. The van der Waals surface area contributed by atoms with Crippen molar-refractivity contribution in [2.75, 3.05) is 5.01 Å². The van der Waals surface area contributed by atoms with Gasteiger partial charge in [0.1, 0.15) is 5.92 Å². The Balaban J connectivity index is 1.89. The summed E-state index contributed by atoms with van der Waals surface area (Å²) in [5.74, 6) is -3.54. The van der Waals surface area contributed by atoms with Gasteiger partial charge in [-0.2, -0.15) is 28.4 Å². The van der Waals surface area contributed by atoms with Crippen molar-refractivity contribution in [3.05, 3.63) is 60.4 Å². The number of hydrazone groups is 2. The minimum Gasteiger partial charge on any atom is -0.271 e. The van der Waals surface area contributed by atoms with Gasteiger partial charge in [-0.3, -0.25) is 14.6 Å². The van der Waals surface area contributed by atoms with Gasteiger partial charge in [0, 0.05) is 12.4 Å². The molecule has 1 atom stereocenters. The van der Waals surface area contributed by atoms with Gasteiger partial charge in [-0.15, -0.1) is 0 Å². The molecule has 1 aliphatic rings. The Morgan fingerprint density at radius 2 is 1.89 bits per heavy atom. The van der Waals surface area contributed by atoms with Crippen LogP contribution in [-0.4, -0.2) is 34.4 Å². The van der Waals surface area contributed by atoms with Gasteiger partial charge in [0.15, 0.2) is 5.71 Å². The second-order valence-electron chi connectivity index (χ2n) is 5.84. The van der Waals surface area contributed by atoms with Gasteiger partial charge in [-0.1, -0.05) is 18.2 Å². The van der Waals surface area contributed by atoms with Gasteiger partial charge >= 0.3 is 6.18 Å². The Kier molecular flexibility index (Phi) is 5.21. The number of para-hydroxylation sites is 1. The van der Waals surface area contributed by atoms with Crippen LogP contribution in [-0.2, 0) is 4.79 Å². The molecule has 2 amide bonds. The third kappa shape index (κ3) is 3.90. The standard InChI is InChI=1S/C18H14F3N5O2/c1-11-14(17(28)26(25-11)13-7-3-2-4-8-13)15(18(19,20)21)23-24-16(27)12-6-5-9-22-10-12/h2-10,14H,1H3,(H,24,27)/b23-15+/t14-/m1/s1. The lowest BCUT2D eigenvalue weighted by Crippen LogP contribution is -2.41. The number of anilines is 1. The first-order valence-electron chi connectivity index (χ1n) is 8.08. The number of alkyl halides is 3. The number of carbonyl (C=O) groups is 2. The maximum absolute atomic E-state index is 13.6. The summed E-state index contributed by atoms with van der Waals surface area (Å²) < 4.78 is 40.7. The van der Waals surface area contributed by atoms with E-state index in [0.29, 0.717) is 5.69 Å². The molecule has 2 heterocycles. The van der Waals surface area contributed by atoms with Gasteiger partial charge in [0.2, 0.25) is 0 Å². The van der Waals surface area contributed by atoms with E-state index in [9.17, 15) is 22.8 Å². The summed E-state index contributed by atoms with van der Waals surface area (Å²) in [5.41, 5.74) is 0.667. The molecule has 0 radical (unpaired) electrons. The van der Waals surface area contributed by atoms with E-state index in [1.165, 1.54) is 31.5 Å². The van der Waals surface area contributed by atoms with E-state index in [4.69, 9.17) is 0 Å². The topological polar surface area (TPSA) is 87.0 Å². The summed E-state index contributed by atoms with van der Waals surface area (Å²) >= 11 is 0. The smallest absolute Gasteiger partial charge is 0.271 e. The lowest BCUT2D eigenvalue weighted by atomic mass is 9.97. The fraction of sp³-hybridized carbons (Fsp3) is 0.167. The van der Waals surface area contributed by atoms with Crippen molar-refractivity contribution >= 4 is 28.9 Å². The minimum absolute atomic E-state index is 0.0295. The molecule has 1 N–H and O–H groups in total. The number of nitrogens with one attached hydrogen (secondary N) is 1. The number of carbonyl (C=O) groups excluding carboxylic acids is 2. The van der Waals surface area contributed by atoms with Crippen molar-refractivity contribution in [1.29, 1.82) is 0 Å². The van der Waals surface area contributed by atoms with Crippen LogP contribution in [0.1, 0.15) is 17.3 Å². The number of amides is 2. The van der Waals surface area contributed by atoms with Crippen LogP contribution < -0.4 is 10.4 Å². The van der Waals surface area contributed by atoms with Crippen LogP contribution in [0.3, 0.4) is 0 Å². The number of hydrogen-bond acceptors (Lipinski definition) is 5. The van der Waals surface area contributed by atoms with Crippen LogP contribution in [0.2, 0.25) is 0 Å². The Labute approximate surface area is 157 Å². The highest BCUT2D eigenvalue weighted by Gasteiger charge is 2.49. The minimum atomic E-state index is -4.95. The number of aromatic nitrogens is 1. The molecule has 2 aromatic rings. The summed E-state index contributed by atoms with van der Waals surface area (Å²) in [6.45, 7) is 1.30. The van der Waals surface area contributed by atoms with Gasteiger partial charge in [-0.05, 0) is 31.2 Å². The Morgan fingerprint density at radius 3 is 2.50 bits per heavy atom. The fourth-order valence-corrected chi connectivity index (χ4v) is 2.60. The SMILES string of the molecule is CC1=NN(c2ccccc2)C(=O)[C@H]1/C(=N\NC(=O)c1cccnc1)C(F)(F)F. The highest BCUT2D eigenvalue weighted by molar-refractivity contribution is 6.29. The molecular weight excluding hydrogens is 375 g/mol. The summed E-state index contributed by atoms with van der Waals surface area (Å²) in [7, 11) is 0. The van der Waals surface area contributed by atoms with Gasteiger partial charge in [-0.25, -0.2) is 5.43 Å². The fourth-order valence-electron chi connectivity index (χ4n) is 2.60. The normalized spacial score (nSPS) is 17.5. The van der Waals surface area contributed by atoms with Crippen LogP contribution in [0.4, 0.5) is 18.9 Å². The van der Waals surface area contributed by atoms with Gasteiger partial charge in [0.05, 0.1) is 17.0 Å². The molecule has 3 rings (SSSR count). The van der Waals surface area contributed by atoms with E-state index in [2.05, 4.69) is 15.2 Å². The summed E-state index contributed by atoms with van der Waals surface area (Å²) in [6, 6.07) is 10.9. The first-order valence-corrected chi connectivity index (χ1v) is 8.08. The van der Waals surface area contributed by atoms with E-state index in [1.807, 2.05) is 5.43 Å². The molecule has 144 valence electrons. The van der Waals surface area contributed by atoms with Gasteiger partial charge < -0.3 is 0 Å². The van der Waals surface area contributed by atoms with Crippen molar-refractivity contribution in [3.63, 3.8) is 0 Å². The molecule has 0 unspecified atom stereocenters. The lowest BCUT2D eigenvalue weighted by Gasteiger charge is -2.17. The zero-order chi connectivity index (χ0) is 20.3. The Morgan fingerprint density at radius 1 is 1.18 bits per heavy atom. The molecule has 7 nitrogen and oxygen atoms in total. The third-order valence-electron chi connectivity index (χ3n) is 3.90. The first-order chi connectivity index (χ1) is 13.3. The molecular formula is C18H14F3N5O2. The molecule has 0 fully saturated rings. The zero-order valence-electron chi connectivity index (χ0n) is 14.5. The monoisotopic (exact) mass is 389 g/mol. The molecule has 0 bridgehead atoms. The van der Waals surface area contributed by atoms with Crippen LogP contribution >= 0.6 is 0 Å². The molecule has 1 aliphatic heterocycles. The van der Waals surface area contributed by atoms with E-state index < -0.39 is 29.6 Å². The summed E-state index contributed by atoms with van der Waals surface area (Å²) in [6.07, 6.45) is -2.36. The van der Waals surface area contributed by atoms with Crippen molar-refractivity contribution in [2.45, 2.75) is 13.1 Å². The third-order valence-corrected chi connectivity index (χ3v) is 3.90. The van der Waals surface area contributed by atoms with Crippen molar-refractivity contribution < 1.29 is 22.8 Å². The van der Waals surface area contributed by atoms with E-state index in [1.54, 1.807) is 30.3 Å². The molecule has 1 aromatic carbocycles. The van der Waals surface area contributed by atoms with Crippen LogP contribution in [0.25, 0.3) is 0 Å². The largest absolute Gasteiger partial charge is 0.432 e. The van der Waals surface area contributed by atoms with Crippen LogP contribution in [0, 0.1) is 5.92 Å². The number of pyridine rings is 1. The number of benzene rings is 1. The Hall–Kier alpha value is -3.56. The highest BCUT2D eigenvalue weighted by Crippen LogP contribution is 2.30. The van der Waals surface area contributed by atoms with E-state index in [0.717, 1.165) is 5.01 Å². The second kappa shape index (κ2) is 7.59. The Bertz CT molecular complexity index is 943. The molecule has 28 heavy (non-hydrogen) atoms. The van der Waals surface area contributed by atoms with Crippen molar-refractivity contribution in [2.24, 2.45) is 16.1 Å². The quantitative estimate of drug-likeness (QED) is 0.644. The number of rotatable bonds is 4. The zero-order valence-corrected chi connectivity index (χ0v) is 14.5. The van der Waals surface area contributed by atoms with Gasteiger partial charge in [0.25, 0.3) is 11.8 Å². The lowest BCUT2D eigenvalue weighted by molar-refractivity contribution is -0.119. The summed E-state index contributed by atoms with van der Waals surface area (Å²) in [5, 5.41) is 8.05. The average Bonchev–Trinajstić information content (AvgIpc) is 2.97. The molecule has 1 aromatic heterocycles. The average molecular weight is 389 g/mol. The maximum Gasteiger partial charge on any atom is 0.432 e. The van der Waals surface area contributed by atoms with Crippen molar-refractivity contribution in [1.82, 2.24) is 10.4 Å². The van der Waals surface area contributed by atoms with Crippen molar-refractivity contribution in [3.8, 4) is 0 Å². The predicted molar refractivity (Wildman–Crippen MR) is 95.7 cm³/mol. The molecule has 10 heteroatoms. The predicted octanol–water partition coefficient (Wildman–Crippen LogP) is 2.77. The second-order valence-corrected chi connectivity index (χ2v) is 5.84. The highest BCUT2D eigenvalue weighted by atomic mass is 19.4. The van der Waals surface area contributed by atoms with E-state index >= 15 is 0 Å². The molecule has 0 aliphatic carbocycles. The number of hydrogen-bond donors (Lipinski definition) is 1. The molecule has 0 spiro atoms. The first kappa shape index (κ1) is 19.2. The molecule has 0 saturated carbocycles. The summed E-state index contributed by atoms with van der Waals surface area (Å²) in [4.78, 5) is 28.3. The van der Waals surface area contributed by atoms with E-state index in [-0.39, 0.29) is 11.3 Å². The van der Waals surface area contributed by atoms with Crippen LogP contribution in [0.15, 0.2) is 65.1 Å². The maximum atomic E-state index is 13.6.